The Morgan fingerprint density at radius 3 is 2.82 bits per heavy atom. The summed E-state index contributed by atoms with van der Waals surface area (Å²) in [6, 6.07) is 12.6. The molecule has 1 aliphatic heterocycles. The highest BCUT2D eigenvalue weighted by Crippen LogP contribution is 2.25. The number of benzene rings is 1. The van der Waals surface area contributed by atoms with E-state index >= 15 is 0 Å². The number of likely N-dealkylation sites (tertiary alicyclic amines) is 1. The minimum absolute atomic E-state index is 0.322. The molecule has 1 saturated heterocycles. The molecule has 0 aliphatic carbocycles. The van der Waals surface area contributed by atoms with Crippen molar-refractivity contribution in [2.24, 2.45) is 0 Å². The number of hydrogen-bond donors (Lipinski definition) is 1. The first kappa shape index (κ1) is 15.1. The SMILES string of the molecule is COc1cccc(CNCC(c2ccco2)N2CCCC2)c1. The number of ether oxygens (including phenoxy) is 1. The Morgan fingerprint density at radius 1 is 1.23 bits per heavy atom. The maximum absolute atomic E-state index is 5.65. The number of hydrogen-bond acceptors (Lipinski definition) is 4. The molecular weight excluding hydrogens is 276 g/mol. The van der Waals surface area contributed by atoms with E-state index in [-0.39, 0.29) is 0 Å². The second-order valence-electron chi connectivity index (χ2n) is 5.76. The van der Waals surface area contributed by atoms with Gasteiger partial charge in [-0.3, -0.25) is 4.90 Å². The Kier molecular flexibility index (Phi) is 5.14. The smallest absolute Gasteiger partial charge is 0.122 e. The van der Waals surface area contributed by atoms with E-state index in [0.29, 0.717) is 6.04 Å². The molecular formula is C18H24N2O2. The molecule has 1 N–H and O–H groups in total. The fourth-order valence-electron chi connectivity index (χ4n) is 3.08. The van der Waals surface area contributed by atoms with Gasteiger partial charge in [-0.1, -0.05) is 12.1 Å². The maximum Gasteiger partial charge on any atom is 0.122 e. The first-order valence-corrected chi connectivity index (χ1v) is 7.98. The Balaban J connectivity index is 1.59. The van der Waals surface area contributed by atoms with Gasteiger partial charge in [-0.25, -0.2) is 0 Å². The number of nitrogens with one attached hydrogen (secondary N) is 1. The standard InChI is InChI=1S/C18H24N2O2/c1-21-16-7-4-6-15(12-16)13-19-14-17(18-8-5-11-22-18)20-9-2-3-10-20/h4-8,11-12,17,19H,2-3,9-10,13-14H2,1H3. The highest BCUT2D eigenvalue weighted by Gasteiger charge is 2.24. The van der Waals surface area contributed by atoms with Crippen LogP contribution in [0.1, 0.15) is 30.2 Å². The van der Waals surface area contributed by atoms with Crippen molar-refractivity contribution in [3.63, 3.8) is 0 Å². The molecule has 3 rings (SSSR count). The van der Waals surface area contributed by atoms with Crippen LogP contribution in [-0.2, 0) is 6.54 Å². The van der Waals surface area contributed by atoms with Crippen molar-refractivity contribution in [3.8, 4) is 5.75 Å². The predicted molar refractivity (Wildman–Crippen MR) is 87.0 cm³/mol. The van der Waals surface area contributed by atoms with Gasteiger partial charge < -0.3 is 14.5 Å². The van der Waals surface area contributed by atoms with Crippen molar-refractivity contribution >= 4 is 0 Å². The Morgan fingerprint density at radius 2 is 2.09 bits per heavy atom. The van der Waals surface area contributed by atoms with Crippen LogP contribution >= 0.6 is 0 Å². The molecule has 1 aromatic heterocycles. The predicted octanol–water partition coefficient (Wildman–Crippen LogP) is 3.21. The van der Waals surface area contributed by atoms with Crippen LogP contribution in [0, 0.1) is 0 Å². The molecule has 2 aromatic rings. The van der Waals surface area contributed by atoms with E-state index in [1.165, 1.54) is 18.4 Å². The third-order valence-corrected chi connectivity index (χ3v) is 4.25. The monoisotopic (exact) mass is 300 g/mol. The van der Waals surface area contributed by atoms with Crippen LogP contribution < -0.4 is 10.1 Å². The summed E-state index contributed by atoms with van der Waals surface area (Å²) < 4.78 is 10.9. The summed E-state index contributed by atoms with van der Waals surface area (Å²) in [6.45, 7) is 4.05. The van der Waals surface area contributed by atoms with E-state index in [1.807, 2.05) is 18.2 Å². The van der Waals surface area contributed by atoms with Gasteiger partial charge in [0, 0.05) is 13.1 Å². The molecule has 1 aliphatic rings. The molecule has 0 saturated carbocycles. The van der Waals surface area contributed by atoms with Gasteiger partial charge in [0.2, 0.25) is 0 Å². The highest BCUT2D eigenvalue weighted by atomic mass is 16.5. The van der Waals surface area contributed by atoms with Gasteiger partial charge in [0.15, 0.2) is 0 Å². The van der Waals surface area contributed by atoms with E-state index < -0.39 is 0 Å². The fraction of sp³-hybridized carbons (Fsp3) is 0.444. The Hall–Kier alpha value is -1.78. The van der Waals surface area contributed by atoms with Crippen LogP contribution in [0.5, 0.6) is 5.75 Å². The third kappa shape index (κ3) is 3.70. The summed E-state index contributed by atoms with van der Waals surface area (Å²) in [4.78, 5) is 2.51. The third-order valence-electron chi connectivity index (χ3n) is 4.25. The van der Waals surface area contributed by atoms with E-state index in [4.69, 9.17) is 9.15 Å². The molecule has 118 valence electrons. The Bertz CT molecular complexity index is 562. The van der Waals surface area contributed by atoms with Gasteiger partial charge in [0.05, 0.1) is 19.4 Å². The van der Waals surface area contributed by atoms with Crippen molar-refractivity contribution in [1.29, 1.82) is 0 Å². The molecule has 0 bridgehead atoms. The number of nitrogens with zero attached hydrogens (tertiary/aromatic N) is 1. The number of rotatable bonds is 7. The first-order valence-electron chi connectivity index (χ1n) is 7.98. The lowest BCUT2D eigenvalue weighted by Crippen LogP contribution is -2.33. The largest absolute Gasteiger partial charge is 0.497 e. The van der Waals surface area contributed by atoms with Gasteiger partial charge in [0.25, 0.3) is 0 Å². The topological polar surface area (TPSA) is 37.6 Å². The average Bonchev–Trinajstić information content (AvgIpc) is 3.25. The zero-order chi connectivity index (χ0) is 15.2. The highest BCUT2D eigenvalue weighted by molar-refractivity contribution is 5.28. The summed E-state index contributed by atoms with van der Waals surface area (Å²) in [5.74, 6) is 1.96. The summed E-state index contributed by atoms with van der Waals surface area (Å²) in [5, 5.41) is 3.56. The summed E-state index contributed by atoms with van der Waals surface area (Å²) in [5.41, 5.74) is 1.24. The van der Waals surface area contributed by atoms with Gasteiger partial charge >= 0.3 is 0 Å². The lowest BCUT2D eigenvalue weighted by molar-refractivity contribution is 0.209. The average molecular weight is 300 g/mol. The molecule has 0 spiro atoms. The molecule has 4 heteroatoms. The van der Waals surface area contributed by atoms with Gasteiger partial charge in [-0.15, -0.1) is 0 Å². The van der Waals surface area contributed by atoms with Gasteiger partial charge in [-0.2, -0.15) is 0 Å². The van der Waals surface area contributed by atoms with E-state index in [1.54, 1.807) is 13.4 Å². The molecule has 1 fully saturated rings. The zero-order valence-corrected chi connectivity index (χ0v) is 13.1. The van der Waals surface area contributed by atoms with E-state index in [9.17, 15) is 0 Å². The maximum atomic E-state index is 5.65. The van der Waals surface area contributed by atoms with Crippen molar-refractivity contribution < 1.29 is 9.15 Å². The molecule has 1 aromatic carbocycles. The number of methoxy groups -OCH3 is 1. The van der Waals surface area contributed by atoms with E-state index in [2.05, 4.69) is 28.4 Å². The quantitative estimate of drug-likeness (QED) is 0.852. The van der Waals surface area contributed by atoms with E-state index in [0.717, 1.165) is 37.7 Å². The second kappa shape index (κ2) is 7.47. The summed E-state index contributed by atoms with van der Waals surface area (Å²) in [6.07, 6.45) is 4.33. The first-order chi connectivity index (χ1) is 10.9. The summed E-state index contributed by atoms with van der Waals surface area (Å²) >= 11 is 0. The minimum Gasteiger partial charge on any atom is -0.497 e. The van der Waals surface area contributed by atoms with Crippen molar-refractivity contribution in [2.75, 3.05) is 26.7 Å². The van der Waals surface area contributed by atoms with Crippen LogP contribution in [0.4, 0.5) is 0 Å². The van der Waals surface area contributed by atoms with Crippen LogP contribution in [0.2, 0.25) is 0 Å². The summed E-state index contributed by atoms with van der Waals surface area (Å²) in [7, 11) is 1.70. The molecule has 0 amide bonds. The zero-order valence-electron chi connectivity index (χ0n) is 13.1. The molecule has 0 radical (unpaired) electrons. The lowest BCUT2D eigenvalue weighted by Gasteiger charge is -2.26. The molecule has 22 heavy (non-hydrogen) atoms. The molecule has 1 unspecified atom stereocenters. The molecule has 4 nitrogen and oxygen atoms in total. The van der Waals surface area contributed by atoms with Crippen molar-refractivity contribution in [1.82, 2.24) is 10.2 Å². The van der Waals surface area contributed by atoms with Crippen LogP contribution in [0.3, 0.4) is 0 Å². The van der Waals surface area contributed by atoms with Gasteiger partial charge in [0.1, 0.15) is 11.5 Å². The molecule has 2 heterocycles. The molecule has 1 atom stereocenters. The Labute approximate surface area is 132 Å². The minimum atomic E-state index is 0.322. The van der Waals surface area contributed by atoms with Crippen LogP contribution in [-0.4, -0.2) is 31.6 Å². The fourth-order valence-corrected chi connectivity index (χ4v) is 3.08. The normalized spacial score (nSPS) is 16.8. The van der Waals surface area contributed by atoms with Crippen LogP contribution in [0.25, 0.3) is 0 Å². The van der Waals surface area contributed by atoms with Crippen molar-refractivity contribution in [2.45, 2.75) is 25.4 Å². The van der Waals surface area contributed by atoms with Gasteiger partial charge in [-0.05, 0) is 55.8 Å². The van der Waals surface area contributed by atoms with Crippen LogP contribution in [0.15, 0.2) is 47.1 Å². The lowest BCUT2D eigenvalue weighted by atomic mass is 10.1. The van der Waals surface area contributed by atoms with Crippen molar-refractivity contribution in [3.05, 3.63) is 54.0 Å². The number of furan rings is 1. The second-order valence-corrected chi connectivity index (χ2v) is 5.76.